The van der Waals surface area contributed by atoms with E-state index >= 15 is 0 Å². The number of aliphatic hydroxyl groups is 2. The smallest absolute Gasteiger partial charge is 0.174 e. The van der Waals surface area contributed by atoms with Gasteiger partial charge in [0, 0.05) is 93.0 Å². The fourth-order valence-electron chi connectivity index (χ4n) is 6.56. The zero-order chi connectivity index (χ0) is 50.3. The Morgan fingerprint density at radius 3 is 0.768 bits per heavy atom. The van der Waals surface area contributed by atoms with E-state index in [1.165, 1.54) is 36.7 Å². The maximum atomic E-state index is 9.81. The zero-order valence-electron chi connectivity index (χ0n) is 42.9. The normalized spacial score (nSPS) is 10.1. The Morgan fingerprint density at radius 2 is 0.524 bits per heavy atom. The van der Waals surface area contributed by atoms with Crippen molar-refractivity contribution in [3.63, 3.8) is 0 Å². The van der Waals surface area contributed by atoms with Crippen LogP contribution in [0.1, 0.15) is 34.7 Å². The van der Waals surface area contributed by atoms with Gasteiger partial charge in [-0.15, -0.1) is 0 Å². The Hall–Kier alpha value is -8.41. The van der Waals surface area contributed by atoms with Crippen molar-refractivity contribution < 1.29 is 122 Å². The number of hydrogen-bond acceptors (Lipinski definition) is 14. The number of aliphatic hydroxyl groups excluding tert-OH is 2. The number of phenolic OH excluding ortho intramolecular Hbond substituents is 4. The number of phenols is 4. The summed E-state index contributed by atoms with van der Waals surface area (Å²) in [7, 11) is 0. The zero-order valence-corrected chi connectivity index (χ0v) is 46.5. The summed E-state index contributed by atoms with van der Waals surface area (Å²) in [5.41, 5.74) is 8.58. The second-order valence-corrected chi connectivity index (χ2v) is 15.2. The van der Waals surface area contributed by atoms with Crippen LogP contribution in [-0.2, 0) is 33.6 Å². The molecule has 24 heteroatoms. The van der Waals surface area contributed by atoms with Crippen LogP contribution in [0.4, 0.5) is 0 Å². The van der Waals surface area contributed by atoms with E-state index < -0.39 is 12.5 Å². The molecule has 0 spiro atoms. The van der Waals surface area contributed by atoms with Crippen molar-refractivity contribution in [3.05, 3.63) is 253 Å². The van der Waals surface area contributed by atoms with Crippen LogP contribution in [-0.4, -0.2) is 106 Å². The fourth-order valence-corrected chi connectivity index (χ4v) is 6.56. The summed E-state index contributed by atoms with van der Waals surface area (Å²) in [6.07, 6.45) is 7.49. The van der Waals surface area contributed by atoms with Gasteiger partial charge in [-0.1, -0.05) is 97.1 Å². The molecular formula is C58H60Cl2Co2N8O12-2. The van der Waals surface area contributed by atoms with Crippen LogP contribution in [0.5, 0.6) is 23.0 Å². The molecule has 2 radical (unpaired) electrons. The second kappa shape index (κ2) is 42.5. The summed E-state index contributed by atoms with van der Waals surface area (Å²) in [4.78, 5) is 34.2. The van der Waals surface area contributed by atoms with Crippen molar-refractivity contribution in [2.45, 2.75) is 12.5 Å². The third-order valence-electron chi connectivity index (χ3n) is 10.2. The minimum Gasteiger partial charge on any atom is -1.00 e. The summed E-state index contributed by atoms with van der Waals surface area (Å²) in [5, 5.41) is 57.8. The SMILES string of the molecule is O.O.O.O.O.O.Oc1ccccc1C=NC(O)c1ccccc1O.Oc1ccccc1C=NC(O)c1ccccc1O.[Cl-].[Cl-].[Co].[Co].c1ccc(-c2cccc(-c3ccccn3)n2)nc1.c1ccc(-c2cccc(-c3ccccn3)n2)nc1. The Labute approximate surface area is 505 Å². The molecule has 10 aromatic rings. The van der Waals surface area contributed by atoms with Gasteiger partial charge in [0.15, 0.2) is 12.5 Å². The summed E-state index contributed by atoms with van der Waals surface area (Å²) < 4.78 is 0. The average Bonchev–Trinajstić information content (AvgIpc) is 3.44. The minimum absolute atomic E-state index is 0. The van der Waals surface area contributed by atoms with Gasteiger partial charge < -0.3 is 88.3 Å². The van der Waals surface area contributed by atoms with Crippen LogP contribution in [0.3, 0.4) is 0 Å². The predicted molar refractivity (Wildman–Crippen MR) is 301 cm³/mol. The number of halogens is 2. The molecule has 4 aromatic carbocycles. The number of benzene rings is 4. The molecule has 0 fully saturated rings. The summed E-state index contributed by atoms with van der Waals surface area (Å²) in [6.45, 7) is 0. The van der Waals surface area contributed by atoms with Gasteiger partial charge in [0.05, 0.1) is 45.6 Å². The Kier molecular flexibility index (Phi) is 41.5. The van der Waals surface area contributed by atoms with Crippen molar-refractivity contribution in [1.82, 2.24) is 29.9 Å². The maximum absolute atomic E-state index is 9.81. The van der Waals surface area contributed by atoms with E-state index in [9.17, 15) is 30.6 Å². The molecule has 0 bridgehead atoms. The van der Waals surface area contributed by atoms with Gasteiger partial charge in [-0.05, 0) is 109 Å². The molecule has 0 saturated heterocycles. The number of para-hydroxylation sites is 4. The second-order valence-electron chi connectivity index (χ2n) is 15.2. The quantitative estimate of drug-likeness (QED) is 0.0977. The summed E-state index contributed by atoms with van der Waals surface area (Å²) in [5.74, 6) is 0.148. The molecule has 6 heterocycles. The largest absolute Gasteiger partial charge is 1.00 e. The molecule has 20 nitrogen and oxygen atoms in total. The van der Waals surface area contributed by atoms with E-state index in [2.05, 4.69) is 39.9 Å². The number of rotatable bonds is 10. The molecule has 0 amide bonds. The average molecular weight is 1250 g/mol. The molecule has 0 aliphatic carbocycles. The topological polar surface area (TPSA) is 412 Å². The molecule has 0 aliphatic heterocycles. The van der Waals surface area contributed by atoms with Gasteiger partial charge in [-0.25, -0.2) is 9.97 Å². The molecule has 10 rings (SSSR count). The third kappa shape index (κ3) is 24.1. The predicted octanol–water partition coefficient (Wildman–Crippen LogP) is -0.118. The van der Waals surface area contributed by atoms with Crippen molar-refractivity contribution >= 4 is 12.4 Å². The monoisotopic (exact) mass is 1250 g/mol. The number of nitrogens with zero attached hydrogens (tertiary/aromatic N) is 8. The fraction of sp³-hybridized carbons (Fsp3) is 0.0345. The number of aromatic hydroxyl groups is 4. The van der Waals surface area contributed by atoms with Gasteiger partial charge >= 0.3 is 0 Å². The maximum Gasteiger partial charge on any atom is 0.174 e. The van der Waals surface area contributed by atoms with Crippen molar-refractivity contribution in [2.75, 3.05) is 0 Å². The molecule has 0 saturated carbocycles. The first kappa shape index (κ1) is 80.1. The van der Waals surface area contributed by atoms with Gasteiger partial charge in [0.25, 0.3) is 0 Å². The van der Waals surface area contributed by atoms with Crippen LogP contribution >= 0.6 is 0 Å². The van der Waals surface area contributed by atoms with Crippen molar-refractivity contribution in [1.29, 1.82) is 0 Å². The van der Waals surface area contributed by atoms with Crippen molar-refractivity contribution in [3.8, 4) is 68.5 Å². The third-order valence-corrected chi connectivity index (χ3v) is 10.2. The number of aromatic nitrogens is 6. The minimum atomic E-state index is -1.16. The van der Waals surface area contributed by atoms with E-state index in [4.69, 9.17) is 0 Å². The van der Waals surface area contributed by atoms with Crippen LogP contribution < -0.4 is 24.8 Å². The molecule has 2 atom stereocenters. The van der Waals surface area contributed by atoms with Crippen LogP contribution in [0.2, 0.25) is 0 Å². The molecule has 6 aromatic heterocycles. The molecular weight excluding hydrogens is 1190 g/mol. The molecule has 82 heavy (non-hydrogen) atoms. The van der Waals surface area contributed by atoms with Crippen LogP contribution in [0, 0.1) is 0 Å². The molecule has 0 aliphatic rings. The van der Waals surface area contributed by atoms with Gasteiger partial charge in [0.1, 0.15) is 23.0 Å². The summed E-state index contributed by atoms with van der Waals surface area (Å²) in [6, 6.07) is 61.2. The molecule has 438 valence electrons. The number of hydrogen-bond donors (Lipinski definition) is 6. The first-order valence-electron chi connectivity index (χ1n) is 22.4. The van der Waals surface area contributed by atoms with E-state index in [1.807, 2.05) is 109 Å². The standard InChI is InChI=1S/2C15H11N3.2C14H13NO3.2ClH.2Co.6H2O/c2*1-3-10-16-12(6-1)14-8-5-9-15(18-14)13-7-2-4-11-17-13;2*16-12-7-3-1-5-10(12)9-15-14(18)11-6-2-4-8-13(11)17;;;;;;;;;;/h2*1-11H;2*1-9,14,16-18H;2*1H;;;6*1H2/p-2. The van der Waals surface area contributed by atoms with E-state index in [1.54, 1.807) is 97.6 Å². The van der Waals surface area contributed by atoms with Crippen LogP contribution in [0.15, 0.2) is 241 Å². The number of pyridine rings is 6. The Morgan fingerprint density at radius 1 is 0.293 bits per heavy atom. The summed E-state index contributed by atoms with van der Waals surface area (Å²) >= 11 is 0. The van der Waals surface area contributed by atoms with E-state index in [0.717, 1.165) is 45.6 Å². The van der Waals surface area contributed by atoms with Gasteiger partial charge in [-0.2, -0.15) is 0 Å². The first-order chi connectivity index (χ1) is 35.2. The molecule has 18 N–H and O–H groups in total. The van der Waals surface area contributed by atoms with Crippen molar-refractivity contribution in [2.24, 2.45) is 9.98 Å². The molecule has 2 unspecified atom stereocenters. The Bertz CT molecular complexity index is 3010. The van der Waals surface area contributed by atoms with Gasteiger partial charge in [-0.3, -0.25) is 29.9 Å². The Balaban J connectivity index is -0.000000475. The van der Waals surface area contributed by atoms with Gasteiger partial charge in [0.2, 0.25) is 0 Å². The van der Waals surface area contributed by atoms with Crippen LogP contribution in [0.25, 0.3) is 45.6 Å². The van der Waals surface area contributed by atoms with E-state index in [0.29, 0.717) is 22.3 Å². The van der Waals surface area contributed by atoms with E-state index in [-0.39, 0.29) is 114 Å². The first-order valence-corrected chi connectivity index (χ1v) is 22.4. The number of aliphatic imine (C=N–C) groups is 2.